The van der Waals surface area contributed by atoms with E-state index in [4.69, 9.17) is 10.7 Å². The second-order valence-electron chi connectivity index (χ2n) is 5.28. The number of nitrogens with zero attached hydrogens (tertiary/aromatic N) is 1. The van der Waals surface area contributed by atoms with Gasteiger partial charge in [-0.25, -0.2) is 9.37 Å². The summed E-state index contributed by atoms with van der Waals surface area (Å²) in [7, 11) is 0. The summed E-state index contributed by atoms with van der Waals surface area (Å²) in [6.45, 7) is 0. The molecule has 2 aromatic rings. The number of hydrogen-bond acceptors (Lipinski definition) is 3. The first-order chi connectivity index (χ1) is 8.66. The smallest absolute Gasteiger partial charge is 0.123 e. The number of hydrogen-bond donors (Lipinski definition) is 1. The second kappa shape index (κ2) is 3.39. The van der Waals surface area contributed by atoms with Crippen LogP contribution in [-0.4, -0.2) is 4.98 Å². The van der Waals surface area contributed by atoms with Crippen molar-refractivity contribution in [1.82, 2.24) is 4.98 Å². The van der Waals surface area contributed by atoms with Gasteiger partial charge < -0.3 is 5.73 Å². The number of halogens is 1. The molecule has 0 saturated heterocycles. The maximum Gasteiger partial charge on any atom is 0.123 e. The number of rotatable bonds is 1. The average Bonchev–Trinajstić information content (AvgIpc) is 2.82. The molecule has 0 unspecified atom stereocenters. The Kier molecular flexibility index (Phi) is 2.01. The summed E-state index contributed by atoms with van der Waals surface area (Å²) in [5, 5.41) is 1.06. The fourth-order valence-corrected chi connectivity index (χ4v) is 4.04. The average molecular weight is 260 g/mol. The molecule has 1 heterocycles. The number of benzene rings is 1. The molecule has 0 amide bonds. The van der Waals surface area contributed by atoms with Crippen molar-refractivity contribution in [2.75, 3.05) is 0 Å². The van der Waals surface area contributed by atoms with Crippen molar-refractivity contribution < 1.29 is 4.39 Å². The van der Waals surface area contributed by atoms with Crippen molar-refractivity contribution in [2.45, 2.75) is 31.2 Å². The van der Waals surface area contributed by atoms with Gasteiger partial charge in [0.25, 0.3) is 0 Å². The van der Waals surface area contributed by atoms with Crippen LogP contribution < -0.4 is 5.73 Å². The van der Waals surface area contributed by atoms with Gasteiger partial charge in [-0.15, -0.1) is 11.3 Å². The third-order valence-electron chi connectivity index (χ3n) is 4.04. The molecule has 1 aromatic heterocycles. The highest BCUT2D eigenvalue weighted by atomic mass is 32.1. The van der Waals surface area contributed by atoms with E-state index in [9.17, 15) is 4.39 Å². The summed E-state index contributed by atoms with van der Waals surface area (Å²) in [5.74, 6) is -0.168. The molecule has 2 aliphatic carbocycles. The van der Waals surface area contributed by atoms with E-state index in [1.807, 2.05) is 6.07 Å². The topological polar surface area (TPSA) is 38.9 Å². The minimum Gasteiger partial charge on any atom is -0.319 e. The van der Waals surface area contributed by atoms with E-state index in [0.29, 0.717) is 0 Å². The van der Waals surface area contributed by atoms with Crippen LogP contribution in [0.4, 0.5) is 4.39 Å². The molecule has 2 nitrogen and oxygen atoms in total. The van der Waals surface area contributed by atoms with Crippen molar-refractivity contribution in [2.24, 2.45) is 5.73 Å². The van der Waals surface area contributed by atoms with Gasteiger partial charge in [0.2, 0.25) is 0 Å². The van der Waals surface area contributed by atoms with E-state index >= 15 is 0 Å². The summed E-state index contributed by atoms with van der Waals surface area (Å²) >= 11 is 1.71. The van der Waals surface area contributed by atoms with Gasteiger partial charge in [0.1, 0.15) is 10.8 Å². The van der Waals surface area contributed by atoms with E-state index in [2.05, 4.69) is 0 Å². The highest BCUT2D eigenvalue weighted by molar-refractivity contribution is 7.12. The van der Waals surface area contributed by atoms with Gasteiger partial charge in [-0.05, 0) is 43.0 Å². The van der Waals surface area contributed by atoms with Crippen LogP contribution in [0.1, 0.15) is 34.7 Å². The molecule has 1 aromatic carbocycles. The van der Waals surface area contributed by atoms with Crippen molar-refractivity contribution in [3.63, 3.8) is 0 Å². The van der Waals surface area contributed by atoms with Gasteiger partial charge in [-0.2, -0.15) is 0 Å². The molecule has 2 aliphatic rings. The zero-order valence-electron chi connectivity index (χ0n) is 9.87. The summed E-state index contributed by atoms with van der Waals surface area (Å²) in [4.78, 5) is 5.96. The van der Waals surface area contributed by atoms with Crippen molar-refractivity contribution in [3.8, 4) is 11.3 Å². The van der Waals surface area contributed by atoms with Crippen molar-refractivity contribution >= 4 is 11.3 Å². The molecule has 0 spiro atoms. The minimum absolute atomic E-state index is 0.168. The van der Waals surface area contributed by atoms with Crippen LogP contribution in [0.2, 0.25) is 0 Å². The Morgan fingerprint density at radius 3 is 2.89 bits per heavy atom. The van der Waals surface area contributed by atoms with Crippen LogP contribution in [0, 0.1) is 5.82 Å². The Labute approximate surface area is 109 Å². The molecule has 1 fully saturated rings. The lowest BCUT2D eigenvalue weighted by atomic mass is 9.78. The van der Waals surface area contributed by atoms with Crippen LogP contribution in [0.5, 0.6) is 0 Å². The summed E-state index contributed by atoms with van der Waals surface area (Å²) in [5.41, 5.74) is 9.29. The fraction of sp³-hybridized carbons (Fsp3) is 0.357. The van der Waals surface area contributed by atoms with Gasteiger partial charge in [-0.1, -0.05) is 0 Å². The first kappa shape index (κ1) is 10.6. The SMILES string of the molecule is NC1(c2nc3c(s2)Cc2cc(F)ccc2-3)CCC1. The van der Waals surface area contributed by atoms with Crippen LogP contribution in [0.3, 0.4) is 0 Å². The molecule has 1 saturated carbocycles. The number of aromatic nitrogens is 1. The van der Waals surface area contributed by atoms with Gasteiger partial charge in [0.15, 0.2) is 0 Å². The largest absolute Gasteiger partial charge is 0.319 e. The Bertz CT molecular complexity index is 643. The summed E-state index contributed by atoms with van der Waals surface area (Å²) < 4.78 is 13.2. The third-order valence-corrected chi connectivity index (χ3v) is 5.32. The molecule has 0 atom stereocenters. The fourth-order valence-electron chi connectivity index (χ4n) is 2.78. The standard InChI is InChI=1S/C14H13FN2S/c15-9-2-3-10-8(6-9)7-11-12(10)17-13(18-11)14(16)4-1-5-14/h2-3,6H,1,4-5,7,16H2. The molecule has 92 valence electrons. The maximum atomic E-state index is 13.2. The molecule has 2 N–H and O–H groups in total. The molecule has 18 heavy (non-hydrogen) atoms. The van der Waals surface area contributed by atoms with Crippen LogP contribution in [0.15, 0.2) is 18.2 Å². The van der Waals surface area contributed by atoms with Crippen LogP contribution >= 0.6 is 11.3 Å². The van der Waals surface area contributed by atoms with Crippen molar-refractivity contribution in [1.29, 1.82) is 0 Å². The van der Waals surface area contributed by atoms with Gasteiger partial charge in [0, 0.05) is 16.9 Å². The Hall–Kier alpha value is -1.26. The second-order valence-corrected chi connectivity index (χ2v) is 6.36. The van der Waals surface area contributed by atoms with Gasteiger partial charge in [0.05, 0.1) is 11.2 Å². The third kappa shape index (κ3) is 1.33. The van der Waals surface area contributed by atoms with Crippen LogP contribution in [0.25, 0.3) is 11.3 Å². The van der Waals surface area contributed by atoms with Crippen LogP contribution in [-0.2, 0) is 12.0 Å². The highest BCUT2D eigenvalue weighted by Crippen LogP contribution is 2.46. The zero-order valence-corrected chi connectivity index (χ0v) is 10.7. The monoisotopic (exact) mass is 260 g/mol. The molecule has 0 bridgehead atoms. The van der Waals surface area contributed by atoms with E-state index in [-0.39, 0.29) is 11.4 Å². The lowest BCUT2D eigenvalue weighted by Gasteiger charge is -2.35. The molecule has 4 rings (SSSR count). The van der Waals surface area contributed by atoms with E-state index in [0.717, 1.165) is 41.1 Å². The number of thiazole rings is 1. The Balaban J connectivity index is 1.81. The first-order valence-electron chi connectivity index (χ1n) is 6.24. The normalized spacial score (nSPS) is 19.2. The molecular weight excluding hydrogens is 247 g/mol. The number of nitrogens with two attached hydrogens (primary N) is 1. The summed E-state index contributed by atoms with van der Waals surface area (Å²) in [6, 6.07) is 4.96. The maximum absolute atomic E-state index is 13.2. The molecule has 0 aliphatic heterocycles. The molecule has 4 heteroatoms. The molecule has 0 radical (unpaired) electrons. The minimum atomic E-state index is -0.185. The predicted molar refractivity (Wildman–Crippen MR) is 70.0 cm³/mol. The number of fused-ring (bicyclic) bond motifs is 3. The van der Waals surface area contributed by atoms with Gasteiger partial charge >= 0.3 is 0 Å². The predicted octanol–water partition coefficient (Wildman–Crippen LogP) is 3.19. The Morgan fingerprint density at radius 1 is 1.33 bits per heavy atom. The quantitative estimate of drug-likeness (QED) is 0.729. The summed E-state index contributed by atoms with van der Waals surface area (Å²) in [6.07, 6.45) is 4.07. The lowest BCUT2D eigenvalue weighted by molar-refractivity contribution is 0.253. The van der Waals surface area contributed by atoms with E-state index in [1.54, 1.807) is 17.4 Å². The highest BCUT2D eigenvalue weighted by Gasteiger charge is 2.39. The molecular formula is C14H13FN2S. The Morgan fingerprint density at radius 2 is 2.17 bits per heavy atom. The lowest BCUT2D eigenvalue weighted by Crippen LogP contribution is -2.43. The first-order valence-corrected chi connectivity index (χ1v) is 7.05. The van der Waals surface area contributed by atoms with Gasteiger partial charge in [-0.3, -0.25) is 0 Å². The van der Waals surface area contributed by atoms with Crippen molar-refractivity contribution in [3.05, 3.63) is 39.5 Å². The van der Waals surface area contributed by atoms with E-state index in [1.165, 1.54) is 17.4 Å². The van der Waals surface area contributed by atoms with E-state index < -0.39 is 0 Å². The zero-order chi connectivity index (χ0) is 12.3.